The highest BCUT2D eigenvalue weighted by Crippen LogP contribution is 2.26. The summed E-state index contributed by atoms with van der Waals surface area (Å²) >= 11 is 3.53. The van der Waals surface area contributed by atoms with Gasteiger partial charge in [-0.25, -0.2) is 0 Å². The molecule has 0 saturated heterocycles. The van der Waals surface area contributed by atoms with Gasteiger partial charge in [0, 0.05) is 0 Å². The number of ether oxygens (including phenoxy) is 1. The van der Waals surface area contributed by atoms with Gasteiger partial charge in [0.25, 0.3) is 0 Å². The summed E-state index contributed by atoms with van der Waals surface area (Å²) in [5.74, 6) is 2.33. The molecule has 0 bridgehead atoms. The van der Waals surface area contributed by atoms with Crippen molar-refractivity contribution in [1.82, 2.24) is 5.32 Å². The third kappa shape index (κ3) is 6.44. The summed E-state index contributed by atoms with van der Waals surface area (Å²) in [6.07, 6.45) is 2.33. The Labute approximate surface area is 126 Å². The number of methoxy groups -OCH3 is 1. The molecule has 108 valence electrons. The average molecular weight is 328 g/mol. The van der Waals surface area contributed by atoms with Gasteiger partial charge in [0.15, 0.2) is 0 Å². The summed E-state index contributed by atoms with van der Waals surface area (Å²) in [5.41, 5.74) is 1.36. The van der Waals surface area contributed by atoms with E-state index in [0.29, 0.717) is 5.92 Å². The van der Waals surface area contributed by atoms with E-state index in [9.17, 15) is 0 Å². The van der Waals surface area contributed by atoms with Crippen LogP contribution in [-0.2, 0) is 6.42 Å². The van der Waals surface area contributed by atoms with Crippen LogP contribution in [0.2, 0.25) is 0 Å². The number of benzene rings is 1. The van der Waals surface area contributed by atoms with Gasteiger partial charge in [0.1, 0.15) is 5.75 Å². The molecule has 0 spiro atoms. The van der Waals surface area contributed by atoms with Crippen LogP contribution >= 0.6 is 15.9 Å². The fraction of sp³-hybridized carbons (Fsp3) is 0.625. The van der Waals surface area contributed by atoms with Gasteiger partial charge < -0.3 is 10.1 Å². The maximum atomic E-state index is 5.24. The van der Waals surface area contributed by atoms with E-state index in [2.05, 4.69) is 54.2 Å². The van der Waals surface area contributed by atoms with Crippen LogP contribution in [0.4, 0.5) is 0 Å². The predicted molar refractivity (Wildman–Crippen MR) is 85.9 cm³/mol. The van der Waals surface area contributed by atoms with Crippen LogP contribution in [0.25, 0.3) is 0 Å². The molecular weight excluding hydrogens is 302 g/mol. The normalized spacial score (nSPS) is 12.7. The van der Waals surface area contributed by atoms with E-state index in [1.54, 1.807) is 7.11 Å². The van der Waals surface area contributed by atoms with E-state index in [4.69, 9.17) is 4.74 Å². The smallest absolute Gasteiger partial charge is 0.133 e. The Morgan fingerprint density at radius 2 is 1.95 bits per heavy atom. The number of halogens is 1. The predicted octanol–water partition coefficient (Wildman–Crippen LogP) is 4.27. The monoisotopic (exact) mass is 327 g/mol. The van der Waals surface area contributed by atoms with Crippen LogP contribution in [0.15, 0.2) is 22.7 Å². The first-order valence-electron chi connectivity index (χ1n) is 7.06. The Morgan fingerprint density at radius 1 is 1.21 bits per heavy atom. The van der Waals surface area contributed by atoms with Crippen LogP contribution < -0.4 is 10.1 Å². The molecule has 0 amide bonds. The summed E-state index contributed by atoms with van der Waals surface area (Å²) in [4.78, 5) is 0. The summed E-state index contributed by atoms with van der Waals surface area (Å²) in [6, 6.07) is 6.34. The molecule has 0 heterocycles. The first-order valence-corrected chi connectivity index (χ1v) is 7.85. The van der Waals surface area contributed by atoms with E-state index in [1.165, 1.54) is 12.0 Å². The van der Waals surface area contributed by atoms with Gasteiger partial charge in [-0.05, 0) is 71.4 Å². The van der Waals surface area contributed by atoms with Crippen LogP contribution in [-0.4, -0.2) is 20.2 Å². The van der Waals surface area contributed by atoms with Gasteiger partial charge in [-0.2, -0.15) is 0 Å². The minimum Gasteiger partial charge on any atom is -0.496 e. The molecule has 1 aromatic rings. The maximum Gasteiger partial charge on any atom is 0.133 e. The van der Waals surface area contributed by atoms with E-state index >= 15 is 0 Å². The topological polar surface area (TPSA) is 21.3 Å². The van der Waals surface area contributed by atoms with E-state index < -0.39 is 0 Å². The number of rotatable bonds is 8. The molecular formula is C16H26BrNO. The van der Waals surface area contributed by atoms with Gasteiger partial charge >= 0.3 is 0 Å². The van der Waals surface area contributed by atoms with Crippen molar-refractivity contribution in [2.24, 2.45) is 11.8 Å². The largest absolute Gasteiger partial charge is 0.496 e. The van der Waals surface area contributed by atoms with Gasteiger partial charge in [0.05, 0.1) is 11.6 Å². The minimum absolute atomic E-state index is 0.708. The zero-order chi connectivity index (χ0) is 14.3. The molecule has 1 unspecified atom stereocenters. The first-order chi connectivity index (χ1) is 9.02. The zero-order valence-electron chi connectivity index (χ0n) is 12.5. The molecule has 0 aliphatic heterocycles. The van der Waals surface area contributed by atoms with Gasteiger partial charge in [0.2, 0.25) is 0 Å². The lowest BCUT2D eigenvalue weighted by Crippen LogP contribution is -2.25. The highest BCUT2D eigenvalue weighted by Gasteiger charge is 2.05. The number of nitrogens with one attached hydrogen (secondary N) is 1. The molecule has 0 aliphatic carbocycles. The molecule has 2 nitrogen and oxygen atoms in total. The fourth-order valence-electron chi connectivity index (χ4n) is 2.00. The summed E-state index contributed by atoms with van der Waals surface area (Å²) in [5, 5.41) is 3.52. The lowest BCUT2D eigenvalue weighted by atomic mass is 10.0. The Hall–Kier alpha value is -0.540. The highest BCUT2D eigenvalue weighted by molar-refractivity contribution is 9.10. The van der Waals surface area contributed by atoms with Gasteiger partial charge in [-0.1, -0.05) is 26.8 Å². The van der Waals surface area contributed by atoms with Crippen molar-refractivity contribution in [2.75, 3.05) is 20.2 Å². The summed E-state index contributed by atoms with van der Waals surface area (Å²) in [6.45, 7) is 9.01. The highest BCUT2D eigenvalue weighted by atomic mass is 79.9. The van der Waals surface area contributed by atoms with Crippen LogP contribution in [0.1, 0.15) is 32.8 Å². The minimum atomic E-state index is 0.708. The van der Waals surface area contributed by atoms with Gasteiger partial charge in [-0.15, -0.1) is 0 Å². The standard InChI is InChI=1S/C16H26BrNO/c1-12(2)10-18-11-13(3)5-6-14-7-8-16(19-4)15(17)9-14/h7-9,12-13,18H,5-6,10-11H2,1-4H3. The van der Waals surface area contributed by atoms with Crippen LogP contribution in [0.5, 0.6) is 5.75 Å². The quantitative estimate of drug-likeness (QED) is 0.769. The maximum absolute atomic E-state index is 5.24. The van der Waals surface area contributed by atoms with E-state index in [0.717, 1.165) is 35.7 Å². The SMILES string of the molecule is COc1ccc(CCC(C)CNCC(C)C)cc1Br. The lowest BCUT2D eigenvalue weighted by Gasteiger charge is -2.14. The molecule has 19 heavy (non-hydrogen) atoms. The van der Waals surface area contributed by atoms with Crippen molar-refractivity contribution in [3.8, 4) is 5.75 Å². The van der Waals surface area contributed by atoms with Crippen LogP contribution in [0, 0.1) is 11.8 Å². The van der Waals surface area contributed by atoms with Crippen molar-refractivity contribution in [3.63, 3.8) is 0 Å². The van der Waals surface area contributed by atoms with E-state index in [1.807, 2.05) is 6.07 Å². The second-order valence-electron chi connectivity index (χ2n) is 5.66. The van der Waals surface area contributed by atoms with Gasteiger partial charge in [-0.3, -0.25) is 0 Å². The number of hydrogen-bond donors (Lipinski definition) is 1. The summed E-state index contributed by atoms with van der Waals surface area (Å²) in [7, 11) is 1.70. The average Bonchev–Trinajstić information content (AvgIpc) is 2.36. The zero-order valence-corrected chi connectivity index (χ0v) is 14.1. The Bertz CT molecular complexity index is 379. The second kappa shape index (κ2) is 8.60. The molecule has 0 aromatic heterocycles. The van der Waals surface area contributed by atoms with Crippen molar-refractivity contribution in [2.45, 2.75) is 33.6 Å². The Morgan fingerprint density at radius 3 is 2.53 bits per heavy atom. The molecule has 1 N–H and O–H groups in total. The first kappa shape index (κ1) is 16.5. The Balaban J connectivity index is 2.33. The van der Waals surface area contributed by atoms with Crippen LogP contribution in [0.3, 0.4) is 0 Å². The number of aryl methyl sites for hydroxylation is 1. The van der Waals surface area contributed by atoms with Crippen molar-refractivity contribution < 1.29 is 4.74 Å². The lowest BCUT2D eigenvalue weighted by molar-refractivity contribution is 0.411. The molecule has 0 aliphatic rings. The van der Waals surface area contributed by atoms with Crippen molar-refractivity contribution in [3.05, 3.63) is 28.2 Å². The molecule has 0 radical (unpaired) electrons. The van der Waals surface area contributed by atoms with E-state index in [-0.39, 0.29) is 0 Å². The fourth-order valence-corrected chi connectivity index (χ4v) is 2.59. The van der Waals surface area contributed by atoms with Crippen molar-refractivity contribution in [1.29, 1.82) is 0 Å². The third-order valence-electron chi connectivity index (χ3n) is 3.19. The number of hydrogen-bond acceptors (Lipinski definition) is 2. The summed E-state index contributed by atoms with van der Waals surface area (Å²) < 4.78 is 6.28. The molecule has 1 aromatic carbocycles. The molecule has 1 atom stereocenters. The molecule has 0 saturated carbocycles. The third-order valence-corrected chi connectivity index (χ3v) is 3.81. The second-order valence-corrected chi connectivity index (χ2v) is 6.52. The molecule has 1 rings (SSSR count). The molecule has 0 fully saturated rings. The molecule has 3 heteroatoms. The Kier molecular flexibility index (Phi) is 7.47. The van der Waals surface area contributed by atoms with Crippen molar-refractivity contribution >= 4 is 15.9 Å².